The van der Waals surface area contributed by atoms with Crippen LogP contribution in [0.1, 0.15) is 53.9 Å². The van der Waals surface area contributed by atoms with Crippen molar-refractivity contribution >= 4 is 28.2 Å². The summed E-state index contributed by atoms with van der Waals surface area (Å²) in [5, 5.41) is 11.3. The van der Waals surface area contributed by atoms with E-state index in [1.807, 2.05) is 0 Å². The van der Waals surface area contributed by atoms with Crippen molar-refractivity contribution in [1.82, 2.24) is 4.98 Å². The lowest BCUT2D eigenvalue weighted by Crippen LogP contribution is -2.17. The Morgan fingerprint density at radius 3 is 2.86 bits per heavy atom. The number of aryl methyl sites for hydroxylation is 1. The minimum Gasteiger partial charge on any atom is -0.302 e. The second kappa shape index (κ2) is 5.97. The molecule has 1 aromatic heterocycles. The number of thiazole rings is 1. The van der Waals surface area contributed by atoms with E-state index in [4.69, 9.17) is 6.42 Å². The van der Waals surface area contributed by atoms with E-state index in [1.54, 1.807) is 0 Å². The van der Waals surface area contributed by atoms with Crippen molar-refractivity contribution in [3.05, 3.63) is 10.6 Å². The number of anilines is 1. The van der Waals surface area contributed by atoms with E-state index in [2.05, 4.69) is 26.4 Å². The lowest BCUT2D eigenvalue weighted by molar-refractivity contribution is -0.116. The van der Waals surface area contributed by atoms with Crippen LogP contribution in [-0.2, 0) is 11.2 Å². The summed E-state index contributed by atoms with van der Waals surface area (Å²) >= 11 is 1.39. The topological polar surface area (TPSA) is 83.8 Å². The smallest absolute Gasteiger partial charge is 0.226 e. The summed E-state index contributed by atoms with van der Waals surface area (Å²) in [4.78, 5) is 29.0. The number of carbonyl (C=O) groups is 2. The zero-order valence-corrected chi connectivity index (χ0v) is 12.9. The predicted octanol–water partition coefficient (Wildman–Crippen LogP) is 2.96. The number of fused-ring (bicyclic) bond motifs is 1. The van der Waals surface area contributed by atoms with Crippen LogP contribution in [0.25, 0.3) is 0 Å². The number of ketones is 1. The van der Waals surface area contributed by atoms with Gasteiger partial charge in [-0.05, 0) is 12.8 Å². The average molecular weight is 316 g/mol. The highest BCUT2D eigenvalue weighted by Gasteiger charge is 2.39. The van der Waals surface area contributed by atoms with Gasteiger partial charge in [0.25, 0.3) is 0 Å². The minimum atomic E-state index is -0.443. The molecule has 0 spiro atoms. The Hall–Kier alpha value is -2.07. The SMILES string of the molecule is C#CCCC1(CCC(=O)Nc2nc3c(s2)CCCC3=O)N=N1. The van der Waals surface area contributed by atoms with Crippen LogP contribution in [0.15, 0.2) is 10.2 Å². The number of rotatable bonds is 6. The molecule has 2 aliphatic rings. The zero-order chi connectivity index (χ0) is 15.6. The van der Waals surface area contributed by atoms with Crippen molar-refractivity contribution in [3.63, 3.8) is 0 Å². The highest BCUT2D eigenvalue weighted by molar-refractivity contribution is 7.16. The molecule has 0 saturated carbocycles. The van der Waals surface area contributed by atoms with Crippen LogP contribution < -0.4 is 5.32 Å². The summed E-state index contributed by atoms with van der Waals surface area (Å²) in [5.41, 5.74) is 0.0890. The second-order valence-electron chi connectivity index (χ2n) is 5.50. The summed E-state index contributed by atoms with van der Waals surface area (Å²) in [6.45, 7) is 0. The summed E-state index contributed by atoms with van der Waals surface area (Å²) < 4.78 is 0. The molecule has 2 heterocycles. The van der Waals surface area contributed by atoms with Gasteiger partial charge in [-0.1, -0.05) is 0 Å². The van der Waals surface area contributed by atoms with Crippen LogP contribution in [0.4, 0.5) is 5.13 Å². The number of amides is 1. The third-order valence-electron chi connectivity index (χ3n) is 3.82. The van der Waals surface area contributed by atoms with E-state index in [9.17, 15) is 9.59 Å². The van der Waals surface area contributed by atoms with Gasteiger partial charge in [-0.2, -0.15) is 10.2 Å². The summed E-state index contributed by atoms with van der Waals surface area (Å²) in [6, 6.07) is 0. The van der Waals surface area contributed by atoms with Gasteiger partial charge < -0.3 is 5.32 Å². The van der Waals surface area contributed by atoms with Gasteiger partial charge in [-0.15, -0.1) is 23.7 Å². The van der Waals surface area contributed by atoms with Crippen LogP contribution in [0, 0.1) is 12.3 Å². The van der Waals surface area contributed by atoms with Crippen molar-refractivity contribution in [2.75, 3.05) is 5.32 Å². The molecule has 7 heteroatoms. The Kier molecular flexibility index (Phi) is 4.03. The fourth-order valence-corrected chi connectivity index (χ4v) is 3.52. The van der Waals surface area contributed by atoms with Gasteiger partial charge in [-0.25, -0.2) is 4.98 Å². The molecule has 0 aromatic carbocycles. The van der Waals surface area contributed by atoms with E-state index >= 15 is 0 Å². The fourth-order valence-electron chi connectivity index (χ4n) is 2.48. The maximum absolute atomic E-state index is 12.0. The van der Waals surface area contributed by atoms with Crippen LogP contribution in [-0.4, -0.2) is 22.3 Å². The van der Waals surface area contributed by atoms with Crippen LogP contribution in [0.2, 0.25) is 0 Å². The Bertz CT molecular complexity index is 680. The lowest BCUT2D eigenvalue weighted by Gasteiger charge is -2.07. The molecule has 1 aromatic rings. The third-order valence-corrected chi connectivity index (χ3v) is 4.85. The van der Waals surface area contributed by atoms with E-state index in [-0.39, 0.29) is 11.7 Å². The average Bonchev–Trinajstić information content (AvgIpc) is 3.15. The van der Waals surface area contributed by atoms with Crippen LogP contribution >= 0.6 is 11.3 Å². The van der Waals surface area contributed by atoms with Crippen LogP contribution in [0.5, 0.6) is 0 Å². The first-order valence-corrected chi connectivity index (χ1v) is 8.14. The zero-order valence-electron chi connectivity index (χ0n) is 12.1. The molecule has 0 unspecified atom stereocenters. The first kappa shape index (κ1) is 14.9. The summed E-state index contributed by atoms with van der Waals surface area (Å²) in [6.07, 6.45) is 9.68. The van der Waals surface area contributed by atoms with Crippen molar-refractivity contribution in [1.29, 1.82) is 0 Å². The molecule has 0 atom stereocenters. The van der Waals surface area contributed by atoms with Gasteiger partial charge in [0.2, 0.25) is 5.91 Å². The van der Waals surface area contributed by atoms with Crippen molar-refractivity contribution in [3.8, 4) is 12.3 Å². The van der Waals surface area contributed by atoms with Crippen molar-refractivity contribution in [2.45, 2.75) is 50.6 Å². The molecule has 1 N–H and O–H groups in total. The van der Waals surface area contributed by atoms with Crippen molar-refractivity contribution < 1.29 is 9.59 Å². The molecule has 0 bridgehead atoms. The molecule has 1 aliphatic heterocycles. The molecular formula is C15H16N4O2S. The maximum atomic E-state index is 12.0. The standard InChI is InChI=1S/C15H16N4O2S/c1-2-3-8-15(18-19-15)9-7-12(21)16-14-17-13-10(20)5-4-6-11(13)22-14/h1H,3-9H2,(H,16,17,21). The number of hydrogen-bond acceptors (Lipinski definition) is 6. The van der Waals surface area contributed by atoms with Gasteiger partial charge >= 0.3 is 0 Å². The largest absolute Gasteiger partial charge is 0.302 e. The molecule has 1 aliphatic carbocycles. The molecule has 3 rings (SSSR count). The molecule has 22 heavy (non-hydrogen) atoms. The van der Waals surface area contributed by atoms with Gasteiger partial charge in [0.05, 0.1) is 0 Å². The van der Waals surface area contributed by atoms with Gasteiger partial charge in [-0.3, -0.25) is 9.59 Å². The highest BCUT2D eigenvalue weighted by Crippen LogP contribution is 2.37. The second-order valence-corrected chi connectivity index (χ2v) is 6.59. The van der Waals surface area contributed by atoms with E-state index < -0.39 is 5.66 Å². The molecule has 0 saturated heterocycles. The Labute approximate surface area is 132 Å². The lowest BCUT2D eigenvalue weighted by atomic mass is 10.0. The molecule has 0 radical (unpaired) electrons. The summed E-state index contributed by atoms with van der Waals surface area (Å²) in [7, 11) is 0. The molecule has 6 nitrogen and oxygen atoms in total. The van der Waals surface area contributed by atoms with Gasteiger partial charge in [0.1, 0.15) is 5.69 Å². The van der Waals surface area contributed by atoms with E-state index in [0.29, 0.717) is 42.9 Å². The number of nitrogens with zero attached hydrogens (tertiary/aromatic N) is 3. The maximum Gasteiger partial charge on any atom is 0.226 e. The quantitative estimate of drug-likeness (QED) is 0.819. The first-order valence-electron chi connectivity index (χ1n) is 7.32. The van der Waals surface area contributed by atoms with E-state index in [1.165, 1.54) is 11.3 Å². The molecule has 0 fully saturated rings. The Morgan fingerprint density at radius 2 is 2.18 bits per heavy atom. The molecule has 114 valence electrons. The summed E-state index contributed by atoms with van der Waals surface area (Å²) in [5.74, 6) is 2.50. The monoisotopic (exact) mass is 316 g/mol. The van der Waals surface area contributed by atoms with Crippen LogP contribution in [0.3, 0.4) is 0 Å². The normalized spacial score (nSPS) is 17.7. The highest BCUT2D eigenvalue weighted by atomic mass is 32.1. The molecular weight excluding hydrogens is 300 g/mol. The third kappa shape index (κ3) is 3.22. The minimum absolute atomic E-state index is 0.0711. The Balaban J connectivity index is 1.52. The Morgan fingerprint density at radius 1 is 1.36 bits per heavy atom. The number of hydrogen-bond donors (Lipinski definition) is 1. The van der Waals surface area contributed by atoms with Crippen molar-refractivity contribution in [2.24, 2.45) is 10.2 Å². The first-order chi connectivity index (χ1) is 10.6. The van der Waals surface area contributed by atoms with E-state index in [0.717, 1.165) is 17.7 Å². The number of aromatic nitrogens is 1. The number of carbonyl (C=O) groups excluding carboxylic acids is 2. The predicted molar refractivity (Wildman–Crippen MR) is 82.9 cm³/mol. The number of Topliss-reactive ketones (excluding diaryl/α,β-unsaturated/α-hetero) is 1. The fraction of sp³-hybridized carbons (Fsp3) is 0.533. The number of nitrogens with one attached hydrogen (secondary N) is 1. The number of terminal acetylenes is 1. The molecule has 1 amide bonds. The van der Waals surface area contributed by atoms with Gasteiger partial charge in [0, 0.05) is 37.0 Å². The van der Waals surface area contributed by atoms with Gasteiger partial charge in [0.15, 0.2) is 16.6 Å².